The van der Waals surface area contributed by atoms with Crippen LogP contribution in [0.15, 0.2) is 206 Å². The number of benzene rings is 8. The van der Waals surface area contributed by atoms with E-state index in [0.29, 0.717) is 0 Å². The van der Waals surface area contributed by atoms with E-state index in [-0.39, 0.29) is 0 Å². The van der Waals surface area contributed by atoms with E-state index in [1.807, 2.05) is 0 Å². The Kier molecular flexibility index (Phi) is 8.93. The number of ether oxygens (including phenoxy) is 2. The molecule has 0 radical (unpaired) electrons. The van der Waals surface area contributed by atoms with Gasteiger partial charge in [0, 0.05) is 76.8 Å². The molecule has 60 heavy (non-hydrogen) atoms. The van der Waals surface area contributed by atoms with Gasteiger partial charge in [0.25, 0.3) is 0 Å². The van der Waals surface area contributed by atoms with Crippen molar-refractivity contribution in [2.24, 2.45) is 0 Å². The van der Waals surface area contributed by atoms with Gasteiger partial charge < -0.3 is 24.3 Å². The molecular weight excluding hydrogens is 735 g/mol. The summed E-state index contributed by atoms with van der Waals surface area (Å²) in [6.07, 6.45) is 0. The zero-order chi connectivity index (χ0) is 39.9. The summed E-state index contributed by atoms with van der Waals surface area (Å²) < 4.78 is 14.8. The molecule has 290 valence electrons. The molecule has 1 spiro atoms. The Morgan fingerprint density at radius 1 is 0.417 bits per heavy atom. The standard InChI is InChI=1S/C55H43N3O2/c1-5-17-39(18-6-1)35-57(36-40-19-7-2-8-20-40)43-30-32-51-48(33-43)55(53-45-25-13-15-27-49(45)56-54(53)46-26-14-16-28-50(46)60-55)47-31-29-44(34-52(47)59-51)58(37-41-21-9-3-10-22-41)38-42-23-11-4-12-24-42/h1-34,56H,35-38H2. The van der Waals surface area contributed by atoms with Crippen molar-refractivity contribution in [2.45, 2.75) is 31.8 Å². The van der Waals surface area contributed by atoms with Gasteiger partial charge in [0.15, 0.2) is 5.60 Å². The van der Waals surface area contributed by atoms with Gasteiger partial charge in [0.05, 0.1) is 5.69 Å². The summed E-state index contributed by atoms with van der Waals surface area (Å²) >= 11 is 0. The fraction of sp³-hybridized carbons (Fsp3) is 0.0909. The van der Waals surface area contributed by atoms with Gasteiger partial charge in [-0.05, 0) is 70.8 Å². The molecule has 9 aromatic rings. The monoisotopic (exact) mass is 777 g/mol. The Morgan fingerprint density at radius 2 is 0.917 bits per heavy atom. The van der Waals surface area contributed by atoms with E-state index in [4.69, 9.17) is 9.47 Å². The molecular formula is C55H43N3O2. The highest BCUT2D eigenvalue weighted by atomic mass is 16.5. The zero-order valence-electron chi connectivity index (χ0n) is 33.2. The number of aromatic amines is 1. The fourth-order valence-electron chi connectivity index (χ4n) is 9.18. The van der Waals surface area contributed by atoms with Crippen molar-refractivity contribution in [3.8, 4) is 28.5 Å². The van der Waals surface area contributed by atoms with Crippen molar-refractivity contribution in [3.63, 3.8) is 0 Å². The van der Waals surface area contributed by atoms with Gasteiger partial charge in [0.2, 0.25) is 0 Å². The van der Waals surface area contributed by atoms with E-state index in [1.54, 1.807) is 0 Å². The topological polar surface area (TPSA) is 40.7 Å². The van der Waals surface area contributed by atoms with Crippen molar-refractivity contribution < 1.29 is 9.47 Å². The largest absolute Gasteiger partial charge is 0.472 e. The quantitative estimate of drug-likeness (QED) is 0.150. The highest BCUT2D eigenvalue weighted by molar-refractivity contribution is 5.96. The van der Waals surface area contributed by atoms with Gasteiger partial charge in [-0.25, -0.2) is 0 Å². The summed E-state index contributed by atoms with van der Waals surface area (Å²) in [6, 6.07) is 73.2. The average molecular weight is 778 g/mol. The van der Waals surface area contributed by atoms with E-state index < -0.39 is 5.60 Å². The molecule has 5 nitrogen and oxygen atoms in total. The first kappa shape index (κ1) is 35.6. The fourth-order valence-corrected chi connectivity index (χ4v) is 9.18. The van der Waals surface area contributed by atoms with Gasteiger partial charge in [-0.2, -0.15) is 0 Å². The van der Waals surface area contributed by atoms with Crippen LogP contribution in [0.3, 0.4) is 0 Å². The molecule has 1 unspecified atom stereocenters. The molecule has 1 N–H and O–H groups in total. The van der Waals surface area contributed by atoms with Crippen LogP contribution in [-0.4, -0.2) is 4.98 Å². The molecule has 0 saturated carbocycles. The minimum absolute atomic E-state index is 0.739. The van der Waals surface area contributed by atoms with Crippen molar-refractivity contribution in [1.82, 2.24) is 4.98 Å². The van der Waals surface area contributed by atoms with Crippen LogP contribution >= 0.6 is 0 Å². The Morgan fingerprint density at radius 3 is 1.52 bits per heavy atom. The minimum atomic E-state index is -1.05. The molecule has 0 bridgehead atoms. The van der Waals surface area contributed by atoms with Crippen molar-refractivity contribution >= 4 is 22.3 Å². The molecule has 1 aromatic heterocycles. The van der Waals surface area contributed by atoms with E-state index >= 15 is 0 Å². The first-order valence-corrected chi connectivity index (χ1v) is 20.7. The number of fused-ring (bicyclic) bond motifs is 10. The maximum atomic E-state index is 7.64. The number of para-hydroxylation sites is 2. The van der Waals surface area contributed by atoms with Crippen molar-refractivity contribution in [3.05, 3.63) is 245 Å². The lowest BCUT2D eigenvalue weighted by molar-refractivity contribution is 0.139. The Bertz CT molecular complexity index is 2860. The number of nitrogens with zero attached hydrogens (tertiary/aromatic N) is 2. The minimum Gasteiger partial charge on any atom is -0.472 e. The van der Waals surface area contributed by atoms with Crippen LogP contribution in [0.4, 0.5) is 11.4 Å². The van der Waals surface area contributed by atoms with Crippen molar-refractivity contribution in [1.29, 1.82) is 0 Å². The molecule has 2 aliphatic rings. The number of nitrogens with one attached hydrogen (secondary N) is 1. The second-order valence-corrected chi connectivity index (χ2v) is 15.8. The smallest absolute Gasteiger partial charge is 0.194 e. The Labute approximate surface area is 350 Å². The first-order valence-electron chi connectivity index (χ1n) is 20.7. The second kappa shape index (κ2) is 15.0. The van der Waals surface area contributed by atoms with Gasteiger partial charge in [-0.1, -0.05) is 152 Å². The van der Waals surface area contributed by atoms with Crippen LogP contribution < -0.4 is 19.3 Å². The molecule has 11 rings (SSSR count). The van der Waals surface area contributed by atoms with E-state index in [1.165, 1.54) is 22.3 Å². The number of hydrogen-bond acceptors (Lipinski definition) is 4. The van der Waals surface area contributed by atoms with Crippen LogP contribution in [-0.2, 0) is 31.8 Å². The maximum Gasteiger partial charge on any atom is 0.194 e. The lowest BCUT2D eigenvalue weighted by Crippen LogP contribution is -2.41. The normalized spacial score (nSPS) is 14.6. The Hall–Kier alpha value is -7.50. The summed E-state index contributed by atoms with van der Waals surface area (Å²) in [4.78, 5) is 8.74. The second-order valence-electron chi connectivity index (χ2n) is 15.8. The predicted octanol–water partition coefficient (Wildman–Crippen LogP) is 13.0. The Balaban J connectivity index is 1.12. The van der Waals surface area contributed by atoms with Crippen LogP contribution in [0.2, 0.25) is 0 Å². The summed E-state index contributed by atoms with van der Waals surface area (Å²) in [5.41, 5.74) is 12.3. The molecule has 5 heteroatoms. The third kappa shape index (κ3) is 6.36. The first-order chi connectivity index (χ1) is 29.7. The SMILES string of the molecule is c1ccc(CN(Cc2ccccc2)c2ccc3c(c2)Oc2ccc(N(Cc4ccccc4)Cc4ccccc4)cc2C32Oc3ccccc3-c3[nH]c4ccccc4c32)cc1. The molecule has 3 heterocycles. The molecule has 1 atom stereocenters. The van der Waals surface area contributed by atoms with Crippen LogP contribution in [0.25, 0.3) is 22.2 Å². The molecule has 0 aliphatic carbocycles. The van der Waals surface area contributed by atoms with Crippen LogP contribution in [0.1, 0.15) is 38.9 Å². The summed E-state index contributed by atoms with van der Waals surface area (Å²) in [6.45, 7) is 2.97. The van der Waals surface area contributed by atoms with E-state index in [9.17, 15) is 0 Å². The third-order valence-corrected chi connectivity index (χ3v) is 12.0. The highest BCUT2D eigenvalue weighted by Crippen LogP contribution is 2.60. The highest BCUT2D eigenvalue weighted by Gasteiger charge is 2.52. The summed E-state index contributed by atoms with van der Waals surface area (Å²) in [7, 11) is 0. The number of hydrogen-bond donors (Lipinski definition) is 1. The number of H-pyrrole nitrogens is 1. The molecule has 0 saturated heterocycles. The summed E-state index contributed by atoms with van der Waals surface area (Å²) in [5, 5.41) is 1.12. The van der Waals surface area contributed by atoms with Gasteiger partial charge in [-0.3, -0.25) is 0 Å². The maximum absolute atomic E-state index is 7.64. The lowest BCUT2D eigenvalue weighted by Gasteiger charge is -2.44. The van der Waals surface area contributed by atoms with Crippen LogP contribution in [0.5, 0.6) is 17.2 Å². The number of rotatable bonds is 10. The van der Waals surface area contributed by atoms with Gasteiger partial charge >= 0.3 is 0 Å². The average Bonchev–Trinajstić information content (AvgIpc) is 3.71. The van der Waals surface area contributed by atoms with Gasteiger partial charge in [-0.15, -0.1) is 0 Å². The number of anilines is 2. The third-order valence-electron chi connectivity index (χ3n) is 12.0. The molecule has 0 amide bonds. The van der Waals surface area contributed by atoms with Crippen LogP contribution in [0, 0.1) is 0 Å². The molecule has 8 aromatic carbocycles. The zero-order valence-corrected chi connectivity index (χ0v) is 33.2. The van der Waals surface area contributed by atoms with Crippen molar-refractivity contribution in [2.75, 3.05) is 9.80 Å². The predicted molar refractivity (Wildman–Crippen MR) is 243 cm³/mol. The molecule has 2 aliphatic heterocycles. The number of aromatic nitrogens is 1. The van der Waals surface area contributed by atoms with E-state index in [0.717, 1.165) is 93.7 Å². The van der Waals surface area contributed by atoms with Gasteiger partial charge in [0.1, 0.15) is 17.2 Å². The van der Waals surface area contributed by atoms with E-state index in [2.05, 4.69) is 221 Å². The molecule has 0 fully saturated rings. The summed E-state index contributed by atoms with van der Waals surface area (Å²) in [5.74, 6) is 2.38. The lowest BCUT2D eigenvalue weighted by atomic mass is 9.74.